The Kier molecular flexibility index (Phi) is 7.45. The minimum absolute atomic E-state index is 0.00225. The first-order valence-electron chi connectivity index (χ1n) is 10.5. The van der Waals surface area contributed by atoms with Gasteiger partial charge in [0.1, 0.15) is 5.58 Å². The molecule has 0 bridgehead atoms. The van der Waals surface area contributed by atoms with Gasteiger partial charge in [0.2, 0.25) is 0 Å². The second-order valence-electron chi connectivity index (χ2n) is 7.76. The van der Waals surface area contributed by atoms with Crippen LogP contribution < -0.4 is 15.4 Å². The number of halogens is 8. The van der Waals surface area contributed by atoms with Crippen LogP contribution in [0.4, 0.5) is 42.5 Å². The molecule has 0 fully saturated rings. The maximum atomic E-state index is 13.2. The molecule has 206 valence electrons. The van der Waals surface area contributed by atoms with E-state index in [0.29, 0.717) is 0 Å². The van der Waals surface area contributed by atoms with Crippen LogP contribution in [0, 0.1) is 0 Å². The largest absolute Gasteiger partial charge is 0.493 e. The van der Waals surface area contributed by atoms with Gasteiger partial charge < -0.3 is 19.2 Å². The molecule has 0 atom stereocenters. The molecule has 4 aromatic rings. The van der Waals surface area contributed by atoms with E-state index in [1.165, 1.54) is 43.8 Å². The van der Waals surface area contributed by atoms with E-state index >= 15 is 0 Å². The molecule has 0 saturated heterocycles. The first-order valence-corrected chi connectivity index (χ1v) is 11.2. The van der Waals surface area contributed by atoms with Gasteiger partial charge in [-0.05, 0) is 30.3 Å². The first kappa shape index (κ1) is 28.1. The summed E-state index contributed by atoms with van der Waals surface area (Å²) in [5.41, 5.74) is 0.0334. The van der Waals surface area contributed by atoms with Crippen LogP contribution in [0.2, 0.25) is 10.0 Å². The first-order chi connectivity index (χ1) is 18.2. The number of fused-ring (bicyclic) bond motifs is 3. The Morgan fingerprint density at radius 3 is 2.21 bits per heavy atom. The summed E-state index contributed by atoms with van der Waals surface area (Å²) in [7, 11) is 1.33. The van der Waals surface area contributed by atoms with Crippen LogP contribution in [0.25, 0.3) is 21.9 Å². The standard InChI is InChI=1S/C23H13Cl2F6N3O5/c1-37-15-5-3-10(19(35)34-17-12(24)7-32-8-13(17)25)16-11-6-9(2-4-14(11)38-18(15)16)33-21(36)39-20(22(26,27)28)23(29,30)31/h2-8,20H,1H3,(H,33,36)(H,32,34,35). The van der Waals surface area contributed by atoms with Crippen molar-refractivity contribution in [1.82, 2.24) is 4.98 Å². The molecule has 2 N–H and O–H groups in total. The molecule has 2 aromatic carbocycles. The van der Waals surface area contributed by atoms with Crippen LogP contribution in [0.5, 0.6) is 5.75 Å². The number of aromatic nitrogens is 1. The molecule has 39 heavy (non-hydrogen) atoms. The van der Waals surface area contributed by atoms with Crippen LogP contribution in [0.3, 0.4) is 0 Å². The highest BCUT2D eigenvalue weighted by Crippen LogP contribution is 2.40. The zero-order chi connectivity index (χ0) is 28.7. The molecule has 16 heteroatoms. The summed E-state index contributed by atoms with van der Waals surface area (Å²) in [4.78, 5) is 28.9. The van der Waals surface area contributed by atoms with E-state index in [2.05, 4.69) is 15.0 Å². The molecule has 0 radical (unpaired) electrons. The molecule has 2 heterocycles. The summed E-state index contributed by atoms with van der Waals surface area (Å²) in [6.07, 6.45) is -15.6. The summed E-state index contributed by atoms with van der Waals surface area (Å²) in [6, 6.07) is 6.39. The van der Waals surface area contributed by atoms with Crippen LogP contribution >= 0.6 is 23.2 Å². The number of carbonyl (C=O) groups excluding carboxylic acids is 2. The van der Waals surface area contributed by atoms with Crippen molar-refractivity contribution >= 4 is 68.5 Å². The molecule has 0 aliphatic rings. The minimum Gasteiger partial charge on any atom is -0.493 e. The number of nitrogens with zero attached hydrogens (tertiary/aromatic N) is 1. The highest BCUT2D eigenvalue weighted by atomic mass is 35.5. The highest BCUT2D eigenvalue weighted by Gasteiger charge is 2.60. The fourth-order valence-corrected chi connectivity index (χ4v) is 4.03. The number of anilines is 2. The summed E-state index contributed by atoms with van der Waals surface area (Å²) in [5.74, 6) is -0.513. The molecule has 2 aromatic heterocycles. The van der Waals surface area contributed by atoms with E-state index in [9.17, 15) is 35.9 Å². The molecular weight excluding hydrogens is 583 g/mol. The van der Waals surface area contributed by atoms with Crippen molar-refractivity contribution in [2.24, 2.45) is 0 Å². The maximum absolute atomic E-state index is 13.2. The van der Waals surface area contributed by atoms with Gasteiger partial charge in [0.15, 0.2) is 11.3 Å². The number of ether oxygens (including phenoxy) is 2. The molecule has 2 amide bonds. The molecule has 0 unspecified atom stereocenters. The van der Waals surface area contributed by atoms with Gasteiger partial charge in [-0.1, -0.05) is 23.2 Å². The number of hydrogen-bond acceptors (Lipinski definition) is 6. The summed E-state index contributed by atoms with van der Waals surface area (Å²) < 4.78 is 91.1. The van der Waals surface area contributed by atoms with Crippen molar-refractivity contribution in [3.63, 3.8) is 0 Å². The molecule has 0 spiro atoms. The van der Waals surface area contributed by atoms with E-state index in [1.807, 2.05) is 5.32 Å². The van der Waals surface area contributed by atoms with Gasteiger partial charge >= 0.3 is 18.4 Å². The van der Waals surface area contributed by atoms with Gasteiger partial charge in [-0.15, -0.1) is 0 Å². The number of rotatable bonds is 5. The number of alkyl halides is 6. The van der Waals surface area contributed by atoms with E-state index < -0.39 is 30.5 Å². The van der Waals surface area contributed by atoms with E-state index in [-0.39, 0.29) is 54.7 Å². The number of furan rings is 1. The van der Waals surface area contributed by atoms with Gasteiger partial charge in [0.05, 0.1) is 28.4 Å². The van der Waals surface area contributed by atoms with Crippen LogP contribution in [0.1, 0.15) is 10.4 Å². The predicted octanol–water partition coefficient (Wildman–Crippen LogP) is 7.59. The number of pyridine rings is 1. The Bertz CT molecular complexity index is 1550. The second kappa shape index (κ2) is 10.3. The summed E-state index contributed by atoms with van der Waals surface area (Å²) >= 11 is 12.1. The van der Waals surface area contributed by atoms with Gasteiger partial charge in [-0.3, -0.25) is 15.1 Å². The molecule has 0 aliphatic carbocycles. The molecule has 4 rings (SSSR count). The molecule has 0 saturated carbocycles. The van der Waals surface area contributed by atoms with Gasteiger partial charge in [0.25, 0.3) is 12.0 Å². The lowest BCUT2D eigenvalue weighted by molar-refractivity contribution is -0.306. The Morgan fingerprint density at radius 1 is 0.974 bits per heavy atom. The number of carbonyl (C=O) groups is 2. The lowest BCUT2D eigenvalue weighted by Gasteiger charge is -2.22. The van der Waals surface area contributed by atoms with Crippen molar-refractivity contribution in [1.29, 1.82) is 0 Å². The van der Waals surface area contributed by atoms with E-state index in [1.54, 1.807) is 0 Å². The average Bonchev–Trinajstić information content (AvgIpc) is 3.22. The number of nitrogens with one attached hydrogen (secondary N) is 2. The molecular formula is C23H13Cl2F6N3O5. The number of hydrogen-bond donors (Lipinski definition) is 2. The second-order valence-corrected chi connectivity index (χ2v) is 8.57. The van der Waals surface area contributed by atoms with Gasteiger partial charge in [0, 0.05) is 28.9 Å². The monoisotopic (exact) mass is 595 g/mol. The van der Waals surface area contributed by atoms with Crippen molar-refractivity contribution in [2.75, 3.05) is 17.7 Å². The Balaban J connectivity index is 1.74. The van der Waals surface area contributed by atoms with Gasteiger partial charge in [-0.25, -0.2) is 4.79 Å². The van der Waals surface area contributed by atoms with Crippen molar-refractivity contribution in [2.45, 2.75) is 18.5 Å². The topological polar surface area (TPSA) is 103 Å². The van der Waals surface area contributed by atoms with Crippen molar-refractivity contribution in [3.05, 3.63) is 58.3 Å². The number of amides is 2. The quantitative estimate of drug-likeness (QED) is 0.230. The third kappa shape index (κ3) is 5.76. The van der Waals surface area contributed by atoms with Gasteiger partial charge in [-0.2, -0.15) is 26.3 Å². The zero-order valence-corrected chi connectivity index (χ0v) is 20.6. The lowest BCUT2D eigenvalue weighted by atomic mass is 10.0. The summed E-state index contributed by atoms with van der Waals surface area (Å²) in [5, 5.41) is 4.74. The third-order valence-corrected chi connectivity index (χ3v) is 5.78. The number of methoxy groups -OCH3 is 1. The third-order valence-electron chi connectivity index (χ3n) is 5.20. The van der Waals surface area contributed by atoms with E-state index in [0.717, 1.165) is 6.07 Å². The van der Waals surface area contributed by atoms with Crippen molar-refractivity contribution < 1.29 is 49.8 Å². The molecule has 0 aliphatic heterocycles. The molecule has 8 nitrogen and oxygen atoms in total. The SMILES string of the molecule is COc1ccc(C(=O)Nc2c(Cl)cncc2Cl)c2c1oc1ccc(NC(=O)OC(C(F)(F)F)C(F)(F)F)cc12. The average molecular weight is 596 g/mol. The minimum atomic E-state index is -5.89. The number of benzene rings is 2. The normalized spacial score (nSPS) is 12.2. The zero-order valence-electron chi connectivity index (χ0n) is 19.1. The van der Waals surface area contributed by atoms with E-state index in [4.69, 9.17) is 32.4 Å². The Labute approximate surface area is 223 Å². The Morgan fingerprint density at radius 2 is 1.62 bits per heavy atom. The highest BCUT2D eigenvalue weighted by molar-refractivity contribution is 6.40. The fraction of sp³-hybridized carbons (Fsp3) is 0.174. The lowest BCUT2D eigenvalue weighted by Crippen LogP contribution is -2.46. The van der Waals surface area contributed by atoms with Crippen LogP contribution in [-0.4, -0.2) is 42.6 Å². The fourth-order valence-electron chi connectivity index (χ4n) is 3.57. The predicted molar refractivity (Wildman–Crippen MR) is 128 cm³/mol. The van der Waals surface area contributed by atoms with Crippen LogP contribution in [-0.2, 0) is 4.74 Å². The summed E-state index contributed by atoms with van der Waals surface area (Å²) in [6.45, 7) is 0. The smallest absolute Gasteiger partial charge is 0.434 e. The van der Waals surface area contributed by atoms with Crippen LogP contribution in [0.15, 0.2) is 47.1 Å². The van der Waals surface area contributed by atoms with Crippen molar-refractivity contribution in [3.8, 4) is 5.75 Å². The maximum Gasteiger partial charge on any atom is 0.434 e. The Hall–Kier alpha value is -3.91.